The summed E-state index contributed by atoms with van der Waals surface area (Å²) in [5.74, 6) is 0. The Kier molecular flexibility index (Phi) is 4.05. The first-order chi connectivity index (χ1) is 8.98. The molecule has 0 aliphatic carbocycles. The molecule has 0 amide bonds. The molecule has 0 unspecified atom stereocenters. The molecule has 0 saturated heterocycles. The molecule has 3 heteroatoms. The number of nitrogens with two attached hydrogens (primary N) is 1. The van der Waals surface area contributed by atoms with Gasteiger partial charge in [-0.05, 0) is 23.0 Å². The smallest absolute Gasteiger partial charge is 0.0951 e. The van der Waals surface area contributed by atoms with Crippen molar-refractivity contribution in [2.45, 2.75) is 40.3 Å². The van der Waals surface area contributed by atoms with Gasteiger partial charge in [-0.1, -0.05) is 45.0 Å². The topological polar surface area (TPSA) is 43.8 Å². The van der Waals surface area contributed by atoms with E-state index >= 15 is 0 Å². The van der Waals surface area contributed by atoms with Crippen molar-refractivity contribution in [2.24, 2.45) is 11.1 Å². The summed E-state index contributed by atoms with van der Waals surface area (Å²) < 4.78 is 2.22. The number of nitrogens with zero attached hydrogens (tertiary/aromatic N) is 2. The molecular formula is C16H23N3. The second-order valence-corrected chi connectivity index (χ2v) is 6.27. The lowest BCUT2D eigenvalue weighted by molar-refractivity contribution is 0.399. The quantitative estimate of drug-likeness (QED) is 0.915. The Labute approximate surface area is 115 Å². The van der Waals surface area contributed by atoms with Crippen molar-refractivity contribution >= 4 is 0 Å². The molecule has 19 heavy (non-hydrogen) atoms. The zero-order valence-electron chi connectivity index (χ0n) is 12.1. The SMILES string of the molecule is CC(C)(C)Cc1cncn1Cc1ccc(CN)cc1. The van der Waals surface area contributed by atoms with Gasteiger partial charge in [-0.2, -0.15) is 0 Å². The van der Waals surface area contributed by atoms with E-state index in [1.54, 1.807) is 0 Å². The molecule has 1 heterocycles. The molecule has 0 saturated carbocycles. The average Bonchev–Trinajstić information content (AvgIpc) is 2.75. The lowest BCUT2D eigenvalue weighted by Gasteiger charge is -2.19. The van der Waals surface area contributed by atoms with E-state index in [1.807, 2.05) is 12.5 Å². The molecule has 0 radical (unpaired) electrons. The van der Waals surface area contributed by atoms with Crippen molar-refractivity contribution in [1.29, 1.82) is 0 Å². The van der Waals surface area contributed by atoms with E-state index in [9.17, 15) is 0 Å². The van der Waals surface area contributed by atoms with Crippen LogP contribution in [-0.4, -0.2) is 9.55 Å². The predicted octanol–water partition coefficient (Wildman–Crippen LogP) is 2.98. The molecule has 1 aromatic heterocycles. The highest BCUT2D eigenvalue weighted by atomic mass is 15.0. The van der Waals surface area contributed by atoms with E-state index in [4.69, 9.17) is 5.73 Å². The maximum absolute atomic E-state index is 5.61. The molecule has 102 valence electrons. The summed E-state index contributed by atoms with van der Waals surface area (Å²) in [6.45, 7) is 8.22. The largest absolute Gasteiger partial charge is 0.330 e. The van der Waals surface area contributed by atoms with Gasteiger partial charge in [-0.15, -0.1) is 0 Å². The minimum Gasteiger partial charge on any atom is -0.330 e. The van der Waals surface area contributed by atoms with Crippen LogP contribution < -0.4 is 5.73 Å². The highest BCUT2D eigenvalue weighted by Gasteiger charge is 2.14. The maximum atomic E-state index is 5.61. The first-order valence-electron chi connectivity index (χ1n) is 6.75. The second-order valence-electron chi connectivity index (χ2n) is 6.27. The monoisotopic (exact) mass is 257 g/mol. The Morgan fingerprint density at radius 3 is 2.32 bits per heavy atom. The number of hydrogen-bond donors (Lipinski definition) is 1. The van der Waals surface area contributed by atoms with Gasteiger partial charge in [-0.25, -0.2) is 4.98 Å². The normalized spacial score (nSPS) is 11.8. The van der Waals surface area contributed by atoms with Crippen LogP contribution in [0.5, 0.6) is 0 Å². The zero-order valence-corrected chi connectivity index (χ0v) is 12.1. The van der Waals surface area contributed by atoms with Crippen molar-refractivity contribution < 1.29 is 0 Å². The van der Waals surface area contributed by atoms with Crippen LogP contribution >= 0.6 is 0 Å². The molecule has 2 aromatic rings. The summed E-state index contributed by atoms with van der Waals surface area (Å²) >= 11 is 0. The van der Waals surface area contributed by atoms with Gasteiger partial charge in [0.1, 0.15) is 0 Å². The van der Waals surface area contributed by atoms with Gasteiger partial charge in [0.2, 0.25) is 0 Å². The Bertz CT molecular complexity index is 518. The molecule has 0 aliphatic rings. The van der Waals surface area contributed by atoms with Crippen LogP contribution in [0.4, 0.5) is 0 Å². The first kappa shape index (κ1) is 13.8. The van der Waals surface area contributed by atoms with Gasteiger partial charge in [0.05, 0.1) is 6.33 Å². The summed E-state index contributed by atoms with van der Waals surface area (Å²) in [7, 11) is 0. The summed E-state index contributed by atoms with van der Waals surface area (Å²) in [5.41, 5.74) is 9.63. The molecule has 3 nitrogen and oxygen atoms in total. The zero-order chi connectivity index (χ0) is 13.9. The molecule has 0 spiro atoms. The third-order valence-corrected chi connectivity index (χ3v) is 3.12. The summed E-state index contributed by atoms with van der Waals surface area (Å²) in [6.07, 6.45) is 4.92. The van der Waals surface area contributed by atoms with Crippen molar-refractivity contribution in [1.82, 2.24) is 9.55 Å². The van der Waals surface area contributed by atoms with E-state index < -0.39 is 0 Å². The molecule has 0 fully saturated rings. The van der Waals surface area contributed by atoms with Gasteiger partial charge in [0.15, 0.2) is 0 Å². The van der Waals surface area contributed by atoms with Crippen LogP contribution in [0.2, 0.25) is 0 Å². The van der Waals surface area contributed by atoms with E-state index in [2.05, 4.69) is 54.6 Å². The van der Waals surface area contributed by atoms with Crippen LogP contribution in [0.25, 0.3) is 0 Å². The fourth-order valence-corrected chi connectivity index (χ4v) is 2.16. The Balaban J connectivity index is 2.12. The van der Waals surface area contributed by atoms with Crippen LogP contribution in [0.1, 0.15) is 37.6 Å². The number of benzene rings is 1. The van der Waals surface area contributed by atoms with Gasteiger partial charge in [0, 0.05) is 25.0 Å². The summed E-state index contributed by atoms with van der Waals surface area (Å²) in [6, 6.07) is 8.47. The third kappa shape index (κ3) is 3.93. The Morgan fingerprint density at radius 2 is 1.74 bits per heavy atom. The molecule has 2 rings (SSSR count). The lowest BCUT2D eigenvalue weighted by Crippen LogP contribution is -2.13. The molecule has 1 aromatic carbocycles. The highest BCUT2D eigenvalue weighted by molar-refractivity contribution is 5.23. The minimum atomic E-state index is 0.279. The third-order valence-electron chi connectivity index (χ3n) is 3.12. The minimum absolute atomic E-state index is 0.279. The number of imidazole rings is 1. The molecular weight excluding hydrogens is 234 g/mol. The Morgan fingerprint density at radius 1 is 1.11 bits per heavy atom. The van der Waals surface area contributed by atoms with E-state index in [1.165, 1.54) is 16.8 Å². The molecule has 0 aliphatic heterocycles. The first-order valence-corrected chi connectivity index (χ1v) is 6.75. The van der Waals surface area contributed by atoms with E-state index in [0.717, 1.165) is 13.0 Å². The van der Waals surface area contributed by atoms with Crippen LogP contribution in [0.15, 0.2) is 36.8 Å². The van der Waals surface area contributed by atoms with Gasteiger partial charge in [-0.3, -0.25) is 0 Å². The number of aromatic nitrogens is 2. The van der Waals surface area contributed by atoms with E-state index in [0.29, 0.717) is 6.54 Å². The number of rotatable bonds is 4. The predicted molar refractivity (Wildman–Crippen MR) is 78.8 cm³/mol. The standard InChI is InChI=1S/C16H23N3/c1-16(2,3)8-15-10-18-12-19(15)11-14-6-4-13(9-17)5-7-14/h4-7,10,12H,8-9,11,17H2,1-3H3. The fraction of sp³-hybridized carbons (Fsp3) is 0.438. The van der Waals surface area contributed by atoms with Crippen LogP contribution in [0, 0.1) is 5.41 Å². The highest BCUT2D eigenvalue weighted by Crippen LogP contribution is 2.20. The van der Waals surface area contributed by atoms with Gasteiger partial charge in [0.25, 0.3) is 0 Å². The summed E-state index contributed by atoms with van der Waals surface area (Å²) in [4.78, 5) is 4.28. The Hall–Kier alpha value is -1.61. The van der Waals surface area contributed by atoms with E-state index in [-0.39, 0.29) is 5.41 Å². The fourth-order valence-electron chi connectivity index (χ4n) is 2.16. The van der Waals surface area contributed by atoms with Crippen LogP contribution in [0.3, 0.4) is 0 Å². The van der Waals surface area contributed by atoms with Crippen molar-refractivity contribution in [3.8, 4) is 0 Å². The van der Waals surface area contributed by atoms with Gasteiger partial charge >= 0.3 is 0 Å². The molecule has 2 N–H and O–H groups in total. The maximum Gasteiger partial charge on any atom is 0.0951 e. The van der Waals surface area contributed by atoms with Gasteiger partial charge < -0.3 is 10.3 Å². The van der Waals surface area contributed by atoms with Crippen molar-refractivity contribution in [3.63, 3.8) is 0 Å². The van der Waals surface area contributed by atoms with Crippen molar-refractivity contribution in [2.75, 3.05) is 0 Å². The average molecular weight is 257 g/mol. The number of hydrogen-bond acceptors (Lipinski definition) is 2. The summed E-state index contributed by atoms with van der Waals surface area (Å²) in [5, 5.41) is 0. The second kappa shape index (κ2) is 5.57. The molecule has 0 atom stereocenters. The molecule has 0 bridgehead atoms. The van der Waals surface area contributed by atoms with Crippen LogP contribution in [-0.2, 0) is 19.5 Å². The van der Waals surface area contributed by atoms with Crippen molar-refractivity contribution in [3.05, 3.63) is 53.6 Å². The lowest BCUT2D eigenvalue weighted by atomic mass is 9.91.